The van der Waals surface area contributed by atoms with Gasteiger partial charge >= 0.3 is 0 Å². The van der Waals surface area contributed by atoms with Crippen LogP contribution in [0, 0.1) is 0 Å². The van der Waals surface area contributed by atoms with Crippen molar-refractivity contribution < 1.29 is 14.9 Å². The Hall–Kier alpha value is -0.420. The van der Waals surface area contributed by atoms with E-state index in [2.05, 4.69) is 6.58 Å². The van der Waals surface area contributed by atoms with Crippen LogP contribution in [0.4, 0.5) is 0 Å². The predicted molar refractivity (Wildman–Crippen MR) is 51.6 cm³/mol. The lowest BCUT2D eigenvalue weighted by atomic mass is 10.4. The molecule has 4 nitrogen and oxygen atoms in total. The van der Waals surface area contributed by atoms with Gasteiger partial charge in [-0.25, -0.2) is 0 Å². The first-order valence-electron chi connectivity index (χ1n) is 4.47. The van der Waals surface area contributed by atoms with Crippen LogP contribution in [0.2, 0.25) is 0 Å². The molecule has 13 heavy (non-hydrogen) atoms. The van der Waals surface area contributed by atoms with Crippen molar-refractivity contribution in [3.8, 4) is 0 Å². The molecule has 0 saturated heterocycles. The lowest BCUT2D eigenvalue weighted by molar-refractivity contribution is 0.101. The van der Waals surface area contributed by atoms with Gasteiger partial charge in [-0.2, -0.15) is 0 Å². The topological polar surface area (TPSA) is 52.9 Å². The zero-order valence-corrected chi connectivity index (χ0v) is 7.98. The Labute approximate surface area is 79.4 Å². The second-order valence-corrected chi connectivity index (χ2v) is 2.65. The monoisotopic (exact) mass is 189 g/mol. The molecule has 4 heteroatoms. The minimum atomic E-state index is 0.113. The highest BCUT2D eigenvalue weighted by Gasteiger charge is 2.01. The van der Waals surface area contributed by atoms with Gasteiger partial charge in [0.2, 0.25) is 0 Å². The molecule has 0 aliphatic heterocycles. The van der Waals surface area contributed by atoms with Gasteiger partial charge in [-0.05, 0) is 0 Å². The summed E-state index contributed by atoms with van der Waals surface area (Å²) in [5, 5.41) is 17.4. The van der Waals surface area contributed by atoms with Crippen LogP contribution in [0.1, 0.15) is 0 Å². The smallest absolute Gasteiger partial charge is 0.0645 e. The maximum absolute atomic E-state index is 8.69. The summed E-state index contributed by atoms with van der Waals surface area (Å²) in [6, 6.07) is 0. The van der Waals surface area contributed by atoms with Crippen molar-refractivity contribution in [1.82, 2.24) is 4.90 Å². The summed E-state index contributed by atoms with van der Waals surface area (Å²) in [6.07, 6.45) is 1.70. The van der Waals surface area contributed by atoms with E-state index in [4.69, 9.17) is 14.9 Å². The molecule has 0 radical (unpaired) electrons. The van der Waals surface area contributed by atoms with Crippen molar-refractivity contribution in [1.29, 1.82) is 0 Å². The highest BCUT2D eigenvalue weighted by atomic mass is 16.5. The lowest BCUT2D eigenvalue weighted by Crippen LogP contribution is -2.32. The standard InChI is InChI=1S/C9H19NO3/c1-2-8-13-9-5-10(3-6-11)4-7-12/h2,11-12H,1,3-9H2. The van der Waals surface area contributed by atoms with Gasteiger partial charge < -0.3 is 14.9 Å². The van der Waals surface area contributed by atoms with E-state index in [0.717, 1.165) is 6.54 Å². The first kappa shape index (κ1) is 12.6. The average molecular weight is 189 g/mol. The Morgan fingerprint density at radius 2 is 1.77 bits per heavy atom. The molecule has 0 bridgehead atoms. The molecule has 0 spiro atoms. The van der Waals surface area contributed by atoms with Crippen LogP contribution in [0.5, 0.6) is 0 Å². The summed E-state index contributed by atoms with van der Waals surface area (Å²) in [6.45, 7) is 6.80. The molecule has 0 aromatic carbocycles. The molecule has 0 atom stereocenters. The fraction of sp³-hybridized carbons (Fsp3) is 0.778. The minimum absolute atomic E-state index is 0.113. The maximum atomic E-state index is 8.69. The van der Waals surface area contributed by atoms with Crippen molar-refractivity contribution in [3.63, 3.8) is 0 Å². The Kier molecular flexibility index (Phi) is 9.35. The van der Waals surface area contributed by atoms with E-state index >= 15 is 0 Å². The van der Waals surface area contributed by atoms with Crippen molar-refractivity contribution in [2.45, 2.75) is 0 Å². The Balaban J connectivity index is 3.37. The largest absolute Gasteiger partial charge is 0.395 e. The predicted octanol–water partition coefficient (Wildman–Crippen LogP) is -0.524. The van der Waals surface area contributed by atoms with Crippen LogP contribution in [-0.4, -0.2) is 61.2 Å². The third kappa shape index (κ3) is 7.93. The molecular formula is C9H19NO3. The number of nitrogens with zero attached hydrogens (tertiary/aromatic N) is 1. The zero-order valence-electron chi connectivity index (χ0n) is 7.98. The molecule has 0 unspecified atom stereocenters. The first-order valence-corrected chi connectivity index (χ1v) is 4.47. The van der Waals surface area contributed by atoms with Crippen LogP contribution in [0.3, 0.4) is 0 Å². The summed E-state index contributed by atoms with van der Waals surface area (Å²) in [7, 11) is 0. The van der Waals surface area contributed by atoms with Gasteiger partial charge in [0.25, 0.3) is 0 Å². The van der Waals surface area contributed by atoms with E-state index in [1.165, 1.54) is 0 Å². The van der Waals surface area contributed by atoms with E-state index in [1.807, 2.05) is 4.90 Å². The second kappa shape index (κ2) is 9.67. The molecule has 0 aliphatic carbocycles. The Morgan fingerprint density at radius 3 is 2.23 bits per heavy atom. The van der Waals surface area contributed by atoms with E-state index < -0.39 is 0 Å². The Bertz CT molecular complexity index is 113. The molecular weight excluding hydrogens is 170 g/mol. The van der Waals surface area contributed by atoms with E-state index in [0.29, 0.717) is 26.3 Å². The van der Waals surface area contributed by atoms with Crippen molar-refractivity contribution in [3.05, 3.63) is 12.7 Å². The molecule has 2 N–H and O–H groups in total. The second-order valence-electron chi connectivity index (χ2n) is 2.65. The molecule has 0 rings (SSSR count). The number of hydrogen-bond acceptors (Lipinski definition) is 4. The van der Waals surface area contributed by atoms with Crippen LogP contribution in [-0.2, 0) is 4.74 Å². The van der Waals surface area contributed by atoms with Gasteiger partial charge in [0, 0.05) is 19.6 Å². The SMILES string of the molecule is C=CCOCCN(CCO)CCO. The van der Waals surface area contributed by atoms with Gasteiger partial charge in [-0.15, -0.1) is 6.58 Å². The quantitative estimate of drug-likeness (QED) is 0.378. The number of rotatable bonds is 9. The van der Waals surface area contributed by atoms with Crippen LogP contribution in [0.15, 0.2) is 12.7 Å². The molecule has 0 heterocycles. The summed E-state index contributed by atoms with van der Waals surface area (Å²) in [5.74, 6) is 0. The molecule has 0 aromatic heterocycles. The van der Waals surface area contributed by atoms with E-state index in [9.17, 15) is 0 Å². The zero-order chi connectivity index (χ0) is 9.94. The molecule has 0 aromatic rings. The molecule has 0 amide bonds. The van der Waals surface area contributed by atoms with Crippen molar-refractivity contribution in [2.75, 3.05) is 46.1 Å². The lowest BCUT2D eigenvalue weighted by Gasteiger charge is -2.19. The number of hydrogen-bond donors (Lipinski definition) is 2. The summed E-state index contributed by atoms with van der Waals surface area (Å²) < 4.78 is 5.18. The van der Waals surface area contributed by atoms with Crippen LogP contribution >= 0.6 is 0 Å². The fourth-order valence-corrected chi connectivity index (χ4v) is 0.979. The fourth-order valence-electron chi connectivity index (χ4n) is 0.979. The number of ether oxygens (including phenoxy) is 1. The van der Waals surface area contributed by atoms with Gasteiger partial charge in [0.15, 0.2) is 0 Å². The highest BCUT2D eigenvalue weighted by molar-refractivity contribution is 4.64. The van der Waals surface area contributed by atoms with Gasteiger partial charge in [-0.3, -0.25) is 4.90 Å². The molecule has 78 valence electrons. The third-order valence-electron chi connectivity index (χ3n) is 1.62. The van der Waals surface area contributed by atoms with Crippen molar-refractivity contribution in [2.24, 2.45) is 0 Å². The van der Waals surface area contributed by atoms with Crippen LogP contribution < -0.4 is 0 Å². The van der Waals surface area contributed by atoms with Gasteiger partial charge in [0.1, 0.15) is 0 Å². The molecule has 0 saturated carbocycles. The third-order valence-corrected chi connectivity index (χ3v) is 1.62. The van der Waals surface area contributed by atoms with E-state index in [1.54, 1.807) is 6.08 Å². The summed E-state index contributed by atoms with van der Waals surface area (Å²) in [4.78, 5) is 1.95. The van der Waals surface area contributed by atoms with Crippen LogP contribution in [0.25, 0.3) is 0 Å². The highest BCUT2D eigenvalue weighted by Crippen LogP contribution is 1.87. The Morgan fingerprint density at radius 1 is 1.15 bits per heavy atom. The number of aliphatic hydroxyl groups excluding tert-OH is 2. The van der Waals surface area contributed by atoms with Gasteiger partial charge in [-0.1, -0.05) is 6.08 Å². The molecule has 0 aliphatic rings. The first-order chi connectivity index (χ1) is 6.35. The normalized spacial score (nSPS) is 10.7. The summed E-state index contributed by atoms with van der Waals surface area (Å²) in [5.41, 5.74) is 0. The average Bonchev–Trinajstić information content (AvgIpc) is 2.13. The maximum Gasteiger partial charge on any atom is 0.0645 e. The van der Waals surface area contributed by atoms with E-state index in [-0.39, 0.29) is 13.2 Å². The van der Waals surface area contributed by atoms with Gasteiger partial charge in [0.05, 0.1) is 26.4 Å². The summed E-state index contributed by atoms with van der Waals surface area (Å²) >= 11 is 0. The minimum Gasteiger partial charge on any atom is -0.395 e. The number of aliphatic hydroxyl groups is 2. The molecule has 0 fully saturated rings. The van der Waals surface area contributed by atoms with Crippen molar-refractivity contribution >= 4 is 0 Å².